The molecule has 1 aromatic rings. The molecule has 0 atom stereocenters. The quantitative estimate of drug-likeness (QED) is 0.916. The molecule has 3 nitrogen and oxygen atoms in total. The summed E-state index contributed by atoms with van der Waals surface area (Å²) in [6.07, 6.45) is 2.30. The molecule has 0 spiro atoms. The Kier molecular flexibility index (Phi) is 4.48. The highest BCUT2D eigenvalue weighted by Gasteiger charge is 2.33. The normalized spacial score (nSPS) is 18.1. The van der Waals surface area contributed by atoms with E-state index in [0.717, 1.165) is 37.7 Å². The lowest BCUT2D eigenvalue weighted by Crippen LogP contribution is -2.39. The van der Waals surface area contributed by atoms with Crippen LogP contribution in [-0.4, -0.2) is 14.2 Å². The van der Waals surface area contributed by atoms with Crippen LogP contribution < -0.4 is 15.2 Å². The van der Waals surface area contributed by atoms with Crippen LogP contribution in [0, 0.1) is 0 Å². The predicted molar refractivity (Wildman–Crippen MR) is 73.5 cm³/mol. The molecule has 2 rings (SSSR count). The first-order valence-corrected chi connectivity index (χ1v) is 6.85. The van der Waals surface area contributed by atoms with E-state index < -0.39 is 12.0 Å². The minimum absolute atomic E-state index is 0.160. The van der Waals surface area contributed by atoms with Gasteiger partial charge < -0.3 is 15.2 Å². The van der Waals surface area contributed by atoms with Crippen LogP contribution in [0.3, 0.4) is 0 Å². The van der Waals surface area contributed by atoms with Gasteiger partial charge in [-0.15, -0.1) is 0 Å². The highest BCUT2D eigenvalue weighted by atomic mass is 19.3. The molecule has 0 aliphatic heterocycles. The van der Waals surface area contributed by atoms with E-state index in [4.69, 9.17) is 15.2 Å². The van der Waals surface area contributed by atoms with Crippen molar-refractivity contribution in [1.29, 1.82) is 0 Å². The van der Waals surface area contributed by atoms with E-state index in [1.807, 2.05) is 0 Å². The second-order valence-corrected chi connectivity index (χ2v) is 5.31. The van der Waals surface area contributed by atoms with Crippen LogP contribution in [0.15, 0.2) is 12.1 Å². The van der Waals surface area contributed by atoms with Gasteiger partial charge in [-0.1, -0.05) is 19.3 Å². The van der Waals surface area contributed by atoms with E-state index in [1.165, 1.54) is 20.3 Å². The van der Waals surface area contributed by atoms with Crippen LogP contribution >= 0.6 is 0 Å². The SMILES string of the molecule is COc1cc(C2(N)CCCCC2)c(OC)cc1C(F)F. The van der Waals surface area contributed by atoms with Gasteiger partial charge in [0.15, 0.2) is 0 Å². The van der Waals surface area contributed by atoms with Crippen molar-refractivity contribution < 1.29 is 18.3 Å². The van der Waals surface area contributed by atoms with Crippen LogP contribution in [0.4, 0.5) is 8.78 Å². The second-order valence-electron chi connectivity index (χ2n) is 5.31. The van der Waals surface area contributed by atoms with E-state index in [1.54, 1.807) is 6.07 Å². The lowest BCUT2D eigenvalue weighted by Gasteiger charge is -2.35. The lowest BCUT2D eigenvalue weighted by atomic mass is 9.77. The largest absolute Gasteiger partial charge is 0.496 e. The first-order valence-electron chi connectivity index (χ1n) is 6.85. The maximum atomic E-state index is 13.0. The maximum Gasteiger partial charge on any atom is 0.267 e. The third kappa shape index (κ3) is 2.73. The summed E-state index contributed by atoms with van der Waals surface area (Å²) < 4.78 is 36.4. The predicted octanol–water partition coefficient (Wildman–Crippen LogP) is 3.76. The lowest BCUT2D eigenvalue weighted by molar-refractivity contribution is 0.146. The van der Waals surface area contributed by atoms with E-state index in [9.17, 15) is 8.78 Å². The molecule has 0 aromatic heterocycles. The summed E-state index contributed by atoms with van der Waals surface area (Å²) in [6.45, 7) is 0. The van der Waals surface area contributed by atoms with Crippen molar-refractivity contribution in [3.63, 3.8) is 0 Å². The molecule has 2 N–H and O–H groups in total. The molecule has 1 aromatic carbocycles. The van der Waals surface area contributed by atoms with Crippen LogP contribution in [0.2, 0.25) is 0 Å². The Morgan fingerprint density at radius 2 is 1.65 bits per heavy atom. The van der Waals surface area contributed by atoms with Crippen molar-refractivity contribution in [2.75, 3.05) is 14.2 Å². The summed E-state index contributed by atoms with van der Waals surface area (Å²) in [6, 6.07) is 2.97. The molecule has 20 heavy (non-hydrogen) atoms. The average molecular weight is 285 g/mol. The van der Waals surface area contributed by atoms with Gasteiger partial charge in [0.05, 0.1) is 19.8 Å². The fourth-order valence-corrected chi connectivity index (χ4v) is 2.93. The highest BCUT2D eigenvalue weighted by Crippen LogP contribution is 2.43. The molecular weight excluding hydrogens is 264 g/mol. The average Bonchev–Trinajstić information content (AvgIpc) is 2.46. The van der Waals surface area contributed by atoms with Gasteiger partial charge >= 0.3 is 0 Å². The van der Waals surface area contributed by atoms with Gasteiger partial charge in [0, 0.05) is 11.1 Å². The number of ether oxygens (including phenoxy) is 2. The standard InChI is InChI=1S/C15H21F2NO2/c1-19-12-9-11(15(18)6-4-3-5-7-15)13(20-2)8-10(12)14(16)17/h8-9,14H,3-7,18H2,1-2H3. The molecule has 1 aliphatic rings. The van der Waals surface area contributed by atoms with Crippen molar-refractivity contribution in [1.82, 2.24) is 0 Å². The van der Waals surface area contributed by atoms with E-state index in [0.29, 0.717) is 5.75 Å². The van der Waals surface area contributed by atoms with Gasteiger partial charge in [-0.3, -0.25) is 0 Å². The summed E-state index contributed by atoms with van der Waals surface area (Å²) in [7, 11) is 2.87. The molecule has 0 saturated heterocycles. The maximum absolute atomic E-state index is 13.0. The number of halogens is 2. The van der Waals surface area contributed by atoms with Crippen LogP contribution in [0.5, 0.6) is 11.5 Å². The molecule has 0 bridgehead atoms. The first kappa shape index (κ1) is 15.0. The molecule has 0 amide bonds. The summed E-state index contributed by atoms with van der Waals surface area (Å²) in [5.41, 5.74) is 6.57. The van der Waals surface area contributed by atoms with Gasteiger partial charge in [0.1, 0.15) is 11.5 Å². The van der Waals surface area contributed by atoms with E-state index in [-0.39, 0.29) is 11.3 Å². The summed E-state index contributed by atoms with van der Waals surface area (Å²) in [5.74, 6) is 0.594. The third-order valence-corrected chi connectivity index (χ3v) is 4.07. The Morgan fingerprint density at radius 1 is 1.05 bits per heavy atom. The number of alkyl halides is 2. The van der Waals surface area contributed by atoms with Crippen LogP contribution in [0.25, 0.3) is 0 Å². The number of benzene rings is 1. The zero-order valence-corrected chi connectivity index (χ0v) is 11.9. The molecule has 0 radical (unpaired) electrons. The summed E-state index contributed by atoms with van der Waals surface area (Å²) >= 11 is 0. The summed E-state index contributed by atoms with van der Waals surface area (Å²) in [5, 5.41) is 0. The van der Waals surface area contributed by atoms with Crippen molar-refractivity contribution in [3.05, 3.63) is 23.3 Å². The molecule has 0 heterocycles. The van der Waals surface area contributed by atoms with Crippen molar-refractivity contribution in [2.45, 2.75) is 44.1 Å². The summed E-state index contributed by atoms with van der Waals surface area (Å²) in [4.78, 5) is 0. The minimum atomic E-state index is -2.60. The monoisotopic (exact) mass is 285 g/mol. The Hall–Kier alpha value is -1.36. The smallest absolute Gasteiger partial charge is 0.267 e. The molecule has 1 fully saturated rings. The van der Waals surface area contributed by atoms with Crippen molar-refractivity contribution >= 4 is 0 Å². The topological polar surface area (TPSA) is 44.5 Å². The number of methoxy groups -OCH3 is 2. The molecule has 5 heteroatoms. The van der Waals surface area contributed by atoms with Gasteiger partial charge in [-0.25, -0.2) is 8.78 Å². The molecular formula is C15H21F2NO2. The number of hydrogen-bond donors (Lipinski definition) is 1. The number of hydrogen-bond acceptors (Lipinski definition) is 3. The molecule has 112 valence electrons. The Bertz CT molecular complexity index is 471. The second kappa shape index (κ2) is 5.95. The fourth-order valence-electron chi connectivity index (χ4n) is 2.93. The van der Waals surface area contributed by atoms with Crippen LogP contribution in [-0.2, 0) is 5.54 Å². The van der Waals surface area contributed by atoms with Gasteiger partial charge in [0.25, 0.3) is 6.43 Å². The third-order valence-electron chi connectivity index (χ3n) is 4.07. The minimum Gasteiger partial charge on any atom is -0.496 e. The van der Waals surface area contributed by atoms with Crippen LogP contribution in [0.1, 0.15) is 49.7 Å². The van der Waals surface area contributed by atoms with Gasteiger partial charge in [-0.05, 0) is 25.0 Å². The zero-order chi connectivity index (χ0) is 14.8. The van der Waals surface area contributed by atoms with Gasteiger partial charge in [0.2, 0.25) is 0 Å². The highest BCUT2D eigenvalue weighted by molar-refractivity contribution is 5.50. The molecule has 1 aliphatic carbocycles. The first-order chi connectivity index (χ1) is 9.51. The Labute approximate surface area is 118 Å². The van der Waals surface area contributed by atoms with Crippen molar-refractivity contribution in [3.8, 4) is 11.5 Å². The van der Waals surface area contributed by atoms with Crippen molar-refractivity contribution in [2.24, 2.45) is 5.73 Å². The number of nitrogens with two attached hydrogens (primary N) is 1. The van der Waals surface area contributed by atoms with E-state index >= 15 is 0 Å². The Morgan fingerprint density at radius 3 is 2.15 bits per heavy atom. The zero-order valence-electron chi connectivity index (χ0n) is 11.9. The Balaban J connectivity index is 2.51. The van der Waals surface area contributed by atoms with E-state index in [2.05, 4.69) is 0 Å². The fraction of sp³-hybridized carbons (Fsp3) is 0.600. The van der Waals surface area contributed by atoms with Gasteiger partial charge in [-0.2, -0.15) is 0 Å². The molecule has 1 saturated carbocycles. The number of rotatable bonds is 4. The molecule has 0 unspecified atom stereocenters.